The minimum atomic E-state index is -3.72. The quantitative estimate of drug-likeness (QED) is 0.642. The van der Waals surface area contributed by atoms with Crippen LogP contribution in [0.4, 0.5) is 0 Å². The molecule has 0 radical (unpaired) electrons. The van der Waals surface area contributed by atoms with Crippen LogP contribution in [0.15, 0.2) is 23.1 Å². The van der Waals surface area contributed by atoms with E-state index in [-0.39, 0.29) is 16.5 Å². The molecular formula is C16H21Cl2N5O2S. The fourth-order valence-electron chi connectivity index (χ4n) is 3.00. The first kappa shape index (κ1) is 19.6. The van der Waals surface area contributed by atoms with Crippen molar-refractivity contribution in [1.82, 2.24) is 25.4 Å². The Labute approximate surface area is 162 Å². The molecule has 2 aromatic rings. The molecule has 1 aliphatic rings. The Hall–Kier alpha value is -1.19. The van der Waals surface area contributed by atoms with Gasteiger partial charge in [-0.3, -0.25) is 0 Å². The number of hydrogen-bond acceptors (Lipinski definition) is 5. The molecule has 0 atom stereocenters. The van der Waals surface area contributed by atoms with Crippen LogP contribution < -0.4 is 10.0 Å². The molecule has 0 spiro atoms. The smallest absolute Gasteiger partial charge is 0.240 e. The molecule has 1 aliphatic carbocycles. The first-order valence-electron chi connectivity index (χ1n) is 8.52. The summed E-state index contributed by atoms with van der Waals surface area (Å²) >= 11 is 11.7. The molecule has 142 valence electrons. The largest absolute Gasteiger partial charge is 0.308 e. The highest BCUT2D eigenvalue weighted by molar-refractivity contribution is 7.89. The molecule has 0 amide bonds. The van der Waals surface area contributed by atoms with Gasteiger partial charge in [0.15, 0.2) is 0 Å². The predicted octanol–water partition coefficient (Wildman–Crippen LogP) is 3.01. The molecule has 1 fully saturated rings. The van der Waals surface area contributed by atoms with Crippen molar-refractivity contribution in [3.05, 3.63) is 39.6 Å². The normalized spacial score (nSPS) is 16.1. The van der Waals surface area contributed by atoms with E-state index in [1.807, 2.05) is 0 Å². The Morgan fingerprint density at radius 2 is 1.73 bits per heavy atom. The van der Waals surface area contributed by atoms with Gasteiger partial charge in [-0.05, 0) is 31.0 Å². The van der Waals surface area contributed by atoms with Crippen molar-refractivity contribution in [2.24, 2.45) is 0 Å². The number of sulfonamides is 1. The van der Waals surface area contributed by atoms with Crippen molar-refractivity contribution in [3.63, 3.8) is 0 Å². The third kappa shape index (κ3) is 4.95. The Morgan fingerprint density at radius 1 is 1.04 bits per heavy atom. The molecule has 1 aromatic heterocycles. The maximum absolute atomic E-state index is 12.4. The lowest BCUT2D eigenvalue weighted by molar-refractivity contribution is 0.370. The predicted molar refractivity (Wildman–Crippen MR) is 101 cm³/mol. The van der Waals surface area contributed by atoms with E-state index < -0.39 is 10.0 Å². The van der Waals surface area contributed by atoms with Crippen LogP contribution in [0, 0.1) is 0 Å². The van der Waals surface area contributed by atoms with Crippen LogP contribution >= 0.6 is 23.2 Å². The van der Waals surface area contributed by atoms with Crippen LogP contribution in [0.2, 0.25) is 10.0 Å². The Balaban J connectivity index is 1.60. The van der Waals surface area contributed by atoms with E-state index in [1.165, 1.54) is 37.5 Å². The average Bonchev–Trinajstić information content (AvgIpc) is 3.09. The fraction of sp³-hybridized carbons (Fsp3) is 0.500. The van der Waals surface area contributed by atoms with Crippen LogP contribution in [0.25, 0.3) is 0 Å². The van der Waals surface area contributed by atoms with Crippen LogP contribution in [0.1, 0.15) is 43.5 Å². The molecule has 0 unspecified atom stereocenters. The molecule has 26 heavy (non-hydrogen) atoms. The van der Waals surface area contributed by atoms with Gasteiger partial charge >= 0.3 is 0 Å². The van der Waals surface area contributed by atoms with Gasteiger partial charge in [0.25, 0.3) is 0 Å². The zero-order valence-electron chi connectivity index (χ0n) is 14.1. The summed E-state index contributed by atoms with van der Waals surface area (Å²) < 4.78 is 27.4. The maximum atomic E-state index is 12.4. The highest BCUT2D eigenvalue weighted by Gasteiger charge is 2.18. The van der Waals surface area contributed by atoms with Crippen LogP contribution in [-0.2, 0) is 23.1 Å². The maximum Gasteiger partial charge on any atom is 0.240 e. The lowest BCUT2D eigenvalue weighted by Crippen LogP contribution is -2.31. The molecule has 0 aliphatic heterocycles. The Kier molecular flexibility index (Phi) is 6.52. The number of halogens is 2. The van der Waals surface area contributed by atoms with E-state index in [9.17, 15) is 8.42 Å². The second-order valence-electron chi connectivity index (χ2n) is 6.33. The number of benzene rings is 1. The van der Waals surface area contributed by atoms with E-state index in [4.69, 9.17) is 23.2 Å². The van der Waals surface area contributed by atoms with Crippen LogP contribution in [0.3, 0.4) is 0 Å². The summed E-state index contributed by atoms with van der Waals surface area (Å²) in [5.74, 6) is 0. The molecule has 7 nitrogen and oxygen atoms in total. The van der Waals surface area contributed by atoms with Crippen LogP contribution in [0.5, 0.6) is 0 Å². The van der Waals surface area contributed by atoms with E-state index in [2.05, 4.69) is 25.4 Å². The standard InChI is InChI=1S/C16H21Cl2N5O2S/c17-13-7-6-12(8-14(13)18)26(24,25)20-10-16-15(21-23-22-16)9-19-11-4-2-1-3-5-11/h6-8,11,19-20H,1-5,9-10H2,(H,21,22,23). The summed E-state index contributed by atoms with van der Waals surface area (Å²) in [6.07, 6.45) is 6.11. The summed E-state index contributed by atoms with van der Waals surface area (Å²) in [5, 5.41) is 14.7. The molecule has 3 N–H and O–H groups in total. The highest BCUT2D eigenvalue weighted by Crippen LogP contribution is 2.24. The molecule has 1 saturated carbocycles. The molecule has 3 rings (SSSR count). The average molecular weight is 418 g/mol. The van der Waals surface area contributed by atoms with Gasteiger partial charge in [0.05, 0.1) is 21.5 Å². The second-order valence-corrected chi connectivity index (χ2v) is 8.91. The van der Waals surface area contributed by atoms with Crippen molar-refractivity contribution in [1.29, 1.82) is 0 Å². The lowest BCUT2D eigenvalue weighted by atomic mass is 9.95. The molecular weight excluding hydrogens is 397 g/mol. The number of aromatic amines is 1. The third-order valence-electron chi connectivity index (χ3n) is 4.50. The zero-order chi connectivity index (χ0) is 18.6. The van der Waals surface area contributed by atoms with Gasteiger partial charge in [-0.2, -0.15) is 15.4 Å². The molecule has 0 bridgehead atoms. The third-order valence-corrected chi connectivity index (χ3v) is 6.64. The summed E-state index contributed by atoms with van der Waals surface area (Å²) in [4.78, 5) is 0.0530. The van der Waals surface area contributed by atoms with Gasteiger partial charge in [0.2, 0.25) is 10.0 Å². The van der Waals surface area contributed by atoms with E-state index in [0.29, 0.717) is 29.0 Å². The van der Waals surface area contributed by atoms with Crippen molar-refractivity contribution in [2.45, 2.75) is 56.1 Å². The van der Waals surface area contributed by atoms with Gasteiger partial charge in [-0.1, -0.05) is 42.5 Å². The minimum Gasteiger partial charge on any atom is -0.308 e. The highest BCUT2D eigenvalue weighted by atomic mass is 35.5. The number of aromatic nitrogens is 3. The van der Waals surface area contributed by atoms with Crippen molar-refractivity contribution in [2.75, 3.05) is 0 Å². The van der Waals surface area contributed by atoms with Crippen LogP contribution in [-0.4, -0.2) is 29.9 Å². The summed E-state index contributed by atoms with van der Waals surface area (Å²) in [5.41, 5.74) is 1.28. The fourth-order valence-corrected chi connectivity index (χ4v) is 4.37. The van der Waals surface area contributed by atoms with E-state index in [1.54, 1.807) is 0 Å². The Morgan fingerprint density at radius 3 is 2.42 bits per heavy atom. The first-order chi connectivity index (χ1) is 12.5. The monoisotopic (exact) mass is 417 g/mol. The number of rotatable bonds is 7. The molecule has 0 saturated heterocycles. The van der Waals surface area contributed by atoms with Crippen molar-refractivity contribution < 1.29 is 8.42 Å². The van der Waals surface area contributed by atoms with E-state index >= 15 is 0 Å². The summed E-state index contributed by atoms with van der Waals surface area (Å²) in [7, 11) is -3.72. The number of H-pyrrole nitrogens is 1. The van der Waals surface area contributed by atoms with Gasteiger partial charge < -0.3 is 5.32 Å². The minimum absolute atomic E-state index is 0.0424. The number of nitrogens with zero attached hydrogens (tertiary/aromatic N) is 2. The summed E-state index contributed by atoms with van der Waals surface area (Å²) in [6, 6.07) is 4.67. The van der Waals surface area contributed by atoms with Gasteiger partial charge in [-0.25, -0.2) is 13.1 Å². The SMILES string of the molecule is O=S(=O)(NCc1n[nH]nc1CNC1CCCCC1)c1ccc(Cl)c(Cl)c1. The Bertz CT molecular complexity index is 850. The van der Waals surface area contributed by atoms with E-state index in [0.717, 1.165) is 12.8 Å². The van der Waals surface area contributed by atoms with Gasteiger partial charge in [0, 0.05) is 12.6 Å². The van der Waals surface area contributed by atoms with Gasteiger partial charge in [0.1, 0.15) is 11.4 Å². The van der Waals surface area contributed by atoms with Crippen molar-refractivity contribution >= 4 is 33.2 Å². The second kappa shape index (κ2) is 8.67. The lowest BCUT2D eigenvalue weighted by Gasteiger charge is -2.22. The summed E-state index contributed by atoms with van der Waals surface area (Å²) in [6.45, 7) is 0.603. The number of hydrogen-bond donors (Lipinski definition) is 3. The first-order valence-corrected chi connectivity index (χ1v) is 10.8. The zero-order valence-corrected chi connectivity index (χ0v) is 16.5. The molecule has 1 heterocycles. The molecule has 10 heteroatoms. The van der Waals surface area contributed by atoms with Crippen molar-refractivity contribution in [3.8, 4) is 0 Å². The number of nitrogens with one attached hydrogen (secondary N) is 3. The van der Waals surface area contributed by atoms with Gasteiger partial charge in [-0.15, -0.1) is 0 Å². The topological polar surface area (TPSA) is 99.8 Å². The molecule has 1 aromatic carbocycles.